The number of carbonyl (C=O) groups is 1. The van der Waals surface area contributed by atoms with Crippen molar-refractivity contribution in [1.82, 2.24) is 4.90 Å². The van der Waals surface area contributed by atoms with Gasteiger partial charge < -0.3 is 15.7 Å². The van der Waals surface area contributed by atoms with Gasteiger partial charge in [0, 0.05) is 24.3 Å². The molecule has 1 rings (SSSR count). The van der Waals surface area contributed by atoms with Crippen molar-refractivity contribution < 1.29 is 9.90 Å². The Morgan fingerprint density at radius 1 is 1.44 bits per heavy atom. The van der Waals surface area contributed by atoms with E-state index in [1.807, 2.05) is 6.92 Å². The summed E-state index contributed by atoms with van der Waals surface area (Å²) in [7, 11) is 0. The Kier molecular flexibility index (Phi) is 4.79. The van der Waals surface area contributed by atoms with Crippen LogP contribution in [0.5, 0.6) is 0 Å². The van der Waals surface area contributed by atoms with Crippen LogP contribution in [0.25, 0.3) is 0 Å². The van der Waals surface area contributed by atoms with Crippen LogP contribution in [0.4, 0.5) is 5.69 Å². The highest BCUT2D eigenvalue weighted by Crippen LogP contribution is 2.10. The molecule has 0 unspecified atom stereocenters. The second-order valence-corrected chi connectivity index (χ2v) is 3.64. The van der Waals surface area contributed by atoms with Gasteiger partial charge in [-0.2, -0.15) is 0 Å². The highest BCUT2D eigenvalue weighted by atomic mass is 16.3. The fourth-order valence-electron chi connectivity index (χ4n) is 1.56. The fourth-order valence-corrected chi connectivity index (χ4v) is 1.56. The van der Waals surface area contributed by atoms with E-state index in [1.54, 1.807) is 29.2 Å². The SMILES string of the molecule is CCCN(CCO)C(=O)c1cccc(N)c1. The molecule has 0 heterocycles. The van der Waals surface area contributed by atoms with E-state index >= 15 is 0 Å². The van der Waals surface area contributed by atoms with Crippen LogP contribution in [0.15, 0.2) is 24.3 Å². The van der Waals surface area contributed by atoms with Gasteiger partial charge in [0.1, 0.15) is 0 Å². The Balaban J connectivity index is 2.81. The van der Waals surface area contributed by atoms with E-state index in [0.29, 0.717) is 24.3 Å². The molecule has 0 saturated heterocycles. The number of nitrogens with two attached hydrogens (primary N) is 1. The number of nitrogens with zero attached hydrogens (tertiary/aromatic N) is 1. The summed E-state index contributed by atoms with van der Waals surface area (Å²) in [4.78, 5) is 13.7. The first-order valence-corrected chi connectivity index (χ1v) is 5.44. The zero-order valence-corrected chi connectivity index (χ0v) is 9.52. The van der Waals surface area contributed by atoms with Crippen LogP contribution in [0.3, 0.4) is 0 Å². The second kappa shape index (κ2) is 6.12. The van der Waals surface area contributed by atoms with Crippen LogP contribution in [0.1, 0.15) is 23.7 Å². The number of aliphatic hydroxyl groups excluding tert-OH is 1. The van der Waals surface area contributed by atoms with Gasteiger partial charge in [-0.05, 0) is 24.6 Å². The molecule has 16 heavy (non-hydrogen) atoms. The molecule has 0 aliphatic heterocycles. The number of hydrogen-bond acceptors (Lipinski definition) is 3. The van der Waals surface area contributed by atoms with Crippen LogP contribution in [0, 0.1) is 0 Å². The Morgan fingerprint density at radius 2 is 2.19 bits per heavy atom. The lowest BCUT2D eigenvalue weighted by Crippen LogP contribution is -2.34. The van der Waals surface area contributed by atoms with Crippen LogP contribution >= 0.6 is 0 Å². The standard InChI is InChI=1S/C12H18N2O2/c1-2-6-14(7-8-15)12(16)10-4-3-5-11(13)9-10/h3-5,9,15H,2,6-8,13H2,1H3. The third kappa shape index (κ3) is 3.24. The van der Waals surface area contributed by atoms with Crippen LogP contribution in [0.2, 0.25) is 0 Å². The quantitative estimate of drug-likeness (QED) is 0.733. The van der Waals surface area contributed by atoms with Gasteiger partial charge >= 0.3 is 0 Å². The van der Waals surface area contributed by atoms with E-state index in [0.717, 1.165) is 6.42 Å². The van der Waals surface area contributed by atoms with E-state index in [1.165, 1.54) is 0 Å². The minimum Gasteiger partial charge on any atom is -0.399 e. The average molecular weight is 222 g/mol. The van der Waals surface area contributed by atoms with Gasteiger partial charge in [0.25, 0.3) is 5.91 Å². The highest BCUT2D eigenvalue weighted by Gasteiger charge is 2.14. The smallest absolute Gasteiger partial charge is 0.254 e. The molecule has 0 aromatic heterocycles. The summed E-state index contributed by atoms with van der Waals surface area (Å²) in [6.45, 7) is 2.99. The molecule has 0 spiro atoms. The van der Waals surface area contributed by atoms with Crippen molar-refractivity contribution in [1.29, 1.82) is 0 Å². The fraction of sp³-hybridized carbons (Fsp3) is 0.417. The topological polar surface area (TPSA) is 66.6 Å². The van der Waals surface area contributed by atoms with Crippen LogP contribution in [-0.4, -0.2) is 35.6 Å². The molecule has 1 aromatic rings. The lowest BCUT2D eigenvalue weighted by atomic mass is 10.1. The summed E-state index contributed by atoms with van der Waals surface area (Å²) in [5.74, 6) is -0.0804. The molecule has 0 saturated carbocycles. The molecule has 0 aliphatic rings. The maximum absolute atomic E-state index is 12.0. The molecule has 4 nitrogen and oxygen atoms in total. The van der Waals surface area contributed by atoms with Crippen molar-refractivity contribution in [3.63, 3.8) is 0 Å². The van der Waals surface area contributed by atoms with E-state index in [-0.39, 0.29) is 12.5 Å². The molecule has 4 heteroatoms. The minimum atomic E-state index is -0.0804. The lowest BCUT2D eigenvalue weighted by Gasteiger charge is -2.21. The highest BCUT2D eigenvalue weighted by molar-refractivity contribution is 5.95. The Bertz CT molecular complexity index is 347. The lowest BCUT2D eigenvalue weighted by molar-refractivity contribution is 0.0722. The predicted octanol–water partition coefficient (Wildman–Crippen LogP) is 1.11. The molecule has 88 valence electrons. The van der Waals surface area contributed by atoms with Gasteiger partial charge in [-0.1, -0.05) is 13.0 Å². The molecule has 1 aromatic carbocycles. The molecule has 3 N–H and O–H groups in total. The van der Waals surface area contributed by atoms with Gasteiger partial charge in [0.2, 0.25) is 0 Å². The summed E-state index contributed by atoms with van der Waals surface area (Å²) in [6.07, 6.45) is 0.869. The maximum atomic E-state index is 12.0. The minimum absolute atomic E-state index is 0.0198. The van der Waals surface area contributed by atoms with Gasteiger partial charge in [0.05, 0.1) is 6.61 Å². The third-order valence-corrected chi connectivity index (χ3v) is 2.28. The normalized spacial score (nSPS) is 10.1. The first-order chi connectivity index (χ1) is 7.69. The first kappa shape index (κ1) is 12.5. The zero-order chi connectivity index (χ0) is 12.0. The van der Waals surface area contributed by atoms with E-state index < -0.39 is 0 Å². The van der Waals surface area contributed by atoms with E-state index in [9.17, 15) is 4.79 Å². The molecule has 0 aliphatic carbocycles. The zero-order valence-electron chi connectivity index (χ0n) is 9.52. The largest absolute Gasteiger partial charge is 0.399 e. The summed E-state index contributed by atoms with van der Waals surface area (Å²) >= 11 is 0. The van der Waals surface area contributed by atoms with Crippen LogP contribution in [-0.2, 0) is 0 Å². The number of carbonyl (C=O) groups excluding carboxylic acids is 1. The van der Waals surface area contributed by atoms with Gasteiger partial charge in [0.15, 0.2) is 0 Å². The Morgan fingerprint density at radius 3 is 2.75 bits per heavy atom. The van der Waals surface area contributed by atoms with Crippen molar-refractivity contribution in [3.05, 3.63) is 29.8 Å². The molecule has 0 radical (unpaired) electrons. The number of benzene rings is 1. The van der Waals surface area contributed by atoms with Crippen molar-refractivity contribution in [2.45, 2.75) is 13.3 Å². The molecule has 0 bridgehead atoms. The van der Waals surface area contributed by atoms with E-state index in [4.69, 9.17) is 10.8 Å². The van der Waals surface area contributed by atoms with E-state index in [2.05, 4.69) is 0 Å². The summed E-state index contributed by atoms with van der Waals surface area (Å²) in [5.41, 5.74) is 6.77. The summed E-state index contributed by atoms with van der Waals surface area (Å²) in [5, 5.41) is 8.90. The third-order valence-electron chi connectivity index (χ3n) is 2.28. The van der Waals surface area contributed by atoms with Crippen LogP contribution < -0.4 is 5.73 Å². The second-order valence-electron chi connectivity index (χ2n) is 3.64. The van der Waals surface area contributed by atoms with Gasteiger partial charge in [-0.3, -0.25) is 4.79 Å². The van der Waals surface area contributed by atoms with Gasteiger partial charge in [-0.25, -0.2) is 0 Å². The van der Waals surface area contributed by atoms with Gasteiger partial charge in [-0.15, -0.1) is 0 Å². The number of nitrogen functional groups attached to an aromatic ring is 1. The number of rotatable bonds is 5. The number of amides is 1. The average Bonchev–Trinajstić information content (AvgIpc) is 2.28. The number of anilines is 1. The van der Waals surface area contributed by atoms with Crippen molar-refractivity contribution >= 4 is 11.6 Å². The molecule has 0 atom stereocenters. The monoisotopic (exact) mass is 222 g/mol. The summed E-state index contributed by atoms with van der Waals surface area (Å²) in [6, 6.07) is 6.89. The van der Waals surface area contributed by atoms with Crippen molar-refractivity contribution in [3.8, 4) is 0 Å². The maximum Gasteiger partial charge on any atom is 0.254 e. The van der Waals surface area contributed by atoms with Crippen molar-refractivity contribution in [2.75, 3.05) is 25.4 Å². The first-order valence-electron chi connectivity index (χ1n) is 5.44. The molecular formula is C12H18N2O2. The number of aliphatic hydroxyl groups is 1. The molecular weight excluding hydrogens is 204 g/mol. The Hall–Kier alpha value is -1.55. The predicted molar refractivity (Wildman–Crippen MR) is 64.1 cm³/mol. The number of hydrogen-bond donors (Lipinski definition) is 2. The summed E-state index contributed by atoms with van der Waals surface area (Å²) < 4.78 is 0. The Labute approximate surface area is 95.7 Å². The van der Waals surface area contributed by atoms with Crippen molar-refractivity contribution in [2.24, 2.45) is 0 Å². The molecule has 0 fully saturated rings. The molecule has 1 amide bonds.